The highest BCUT2D eigenvalue weighted by atomic mass is 35.5. The first-order valence-corrected chi connectivity index (χ1v) is 12.2. The first-order chi connectivity index (χ1) is 17.6. The molecule has 7 rings (SSSR count). The van der Waals surface area contributed by atoms with Crippen LogP contribution in [0.3, 0.4) is 0 Å². The van der Waals surface area contributed by atoms with Gasteiger partial charge in [0, 0.05) is 55.6 Å². The van der Waals surface area contributed by atoms with Crippen molar-refractivity contribution in [3.8, 4) is 5.75 Å². The van der Waals surface area contributed by atoms with E-state index in [-0.39, 0.29) is 5.56 Å². The molecular formula is C26H18Cl2N6O2. The van der Waals surface area contributed by atoms with Crippen LogP contribution in [-0.4, -0.2) is 36.3 Å². The smallest absolute Gasteiger partial charge is 0.261 e. The minimum Gasteiger partial charge on any atom is -0.489 e. The number of hydrogen-bond donors (Lipinski definition) is 3. The minimum atomic E-state index is -0.200. The maximum Gasteiger partial charge on any atom is 0.261 e. The summed E-state index contributed by atoms with van der Waals surface area (Å²) in [6.45, 7) is 0.995. The Kier molecular flexibility index (Phi) is 4.74. The number of nitrogens with zero attached hydrogens (tertiary/aromatic N) is 3. The Morgan fingerprint density at radius 1 is 0.861 bits per heavy atom. The summed E-state index contributed by atoms with van der Waals surface area (Å²) in [5.74, 6) is 0.738. The number of aromatic nitrogens is 6. The Hall–Kier alpha value is -4.01. The van der Waals surface area contributed by atoms with Gasteiger partial charge in [0.1, 0.15) is 5.39 Å². The molecule has 7 aromatic rings. The molecule has 4 heterocycles. The Balaban J connectivity index is 1.31. The number of fused-ring (bicyclic) bond motifs is 7. The first-order valence-electron chi connectivity index (χ1n) is 11.4. The molecule has 0 aliphatic rings. The summed E-state index contributed by atoms with van der Waals surface area (Å²) in [5, 5.41) is 10.2. The number of hydrogen-bond acceptors (Lipinski definition) is 4. The van der Waals surface area contributed by atoms with Crippen molar-refractivity contribution in [2.45, 2.75) is 13.0 Å². The van der Waals surface area contributed by atoms with Crippen LogP contribution in [0.15, 0.2) is 59.8 Å². The summed E-state index contributed by atoms with van der Waals surface area (Å²) in [7, 11) is 0. The van der Waals surface area contributed by atoms with Gasteiger partial charge in [-0.25, -0.2) is 9.67 Å². The lowest BCUT2D eigenvalue weighted by Crippen LogP contribution is -2.09. The van der Waals surface area contributed by atoms with Crippen LogP contribution < -0.4 is 10.3 Å². The molecule has 0 saturated heterocycles. The molecule has 0 aliphatic heterocycles. The van der Waals surface area contributed by atoms with Crippen LogP contribution in [0.4, 0.5) is 0 Å². The third-order valence-electron chi connectivity index (χ3n) is 6.54. The molecule has 0 atom stereocenters. The van der Waals surface area contributed by atoms with E-state index in [1.807, 2.05) is 36.4 Å². The van der Waals surface area contributed by atoms with Gasteiger partial charge in [0.25, 0.3) is 5.56 Å². The van der Waals surface area contributed by atoms with Gasteiger partial charge in [-0.15, -0.1) is 0 Å². The molecule has 3 aromatic carbocycles. The molecule has 4 aromatic heterocycles. The van der Waals surface area contributed by atoms with Crippen molar-refractivity contribution in [1.82, 2.24) is 29.7 Å². The third-order valence-corrected chi connectivity index (χ3v) is 7.01. The van der Waals surface area contributed by atoms with Gasteiger partial charge in [0.15, 0.2) is 11.4 Å². The zero-order valence-electron chi connectivity index (χ0n) is 18.7. The second-order valence-electron chi connectivity index (χ2n) is 8.72. The van der Waals surface area contributed by atoms with Crippen molar-refractivity contribution >= 4 is 77.8 Å². The fourth-order valence-corrected chi connectivity index (χ4v) is 5.24. The van der Waals surface area contributed by atoms with Crippen molar-refractivity contribution in [1.29, 1.82) is 0 Å². The Morgan fingerprint density at radius 2 is 1.53 bits per heavy atom. The van der Waals surface area contributed by atoms with Gasteiger partial charge in [-0.3, -0.25) is 4.79 Å². The molecule has 0 aliphatic carbocycles. The zero-order valence-corrected chi connectivity index (χ0v) is 20.2. The molecule has 0 radical (unpaired) electrons. The van der Waals surface area contributed by atoms with Gasteiger partial charge in [0.2, 0.25) is 0 Å². The van der Waals surface area contributed by atoms with Gasteiger partial charge in [-0.2, -0.15) is 5.10 Å². The van der Waals surface area contributed by atoms with Crippen LogP contribution in [0.5, 0.6) is 5.75 Å². The van der Waals surface area contributed by atoms with E-state index in [0.717, 1.165) is 49.4 Å². The van der Waals surface area contributed by atoms with E-state index in [1.165, 1.54) is 12.5 Å². The van der Waals surface area contributed by atoms with E-state index >= 15 is 0 Å². The summed E-state index contributed by atoms with van der Waals surface area (Å²) >= 11 is 12.7. The van der Waals surface area contributed by atoms with Crippen LogP contribution >= 0.6 is 23.2 Å². The molecule has 3 N–H and O–H groups in total. The number of aryl methyl sites for hydroxylation is 1. The highest BCUT2D eigenvalue weighted by Gasteiger charge is 2.18. The van der Waals surface area contributed by atoms with Crippen LogP contribution in [0.2, 0.25) is 10.0 Å². The molecule has 0 bridgehead atoms. The summed E-state index contributed by atoms with van der Waals surface area (Å²) in [6, 6.07) is 13.8. The standard InChI is InChI=1S/C26H18Cl2N6O2/c27-13-2-4-20-15(8-13)17-10-18-16-9-14(28)3-5-21(16)33-23(18)24(22(17)32-20)36-7-1-6-34-25-19(11-31-34)26(35)30-12-29-25/h2-5,8-12,32-33H,1,6-7H2,(H,29,30,35). The van der Waals surface area contributed by atoms with E-state index < -0.39 is 0 Å². The van der Waals surface area contributed by atoms with Crippen molar-refractivity contribution in [3.05, 3.63) is 75.4 Å². The van der Waals surface area contributed by atoms with Crippen LogP contribution in [0, 0.1) is 0 Å². The highest BCUT2D eigenvalue weighted by Crippen LogP contribution is 2.41. The van der Waals surface area contributed by atoms with E-state index in [9.17, 15) is 4.79 Å². The second kappa shape index (κ2) is 8.01. The number of H-pyrrole nitrogens is 3. The van der Waals surface area contributed by atoms with Gasteiger partial charge in [0.05, 0.1) is 30.2 Å². The molecule has 178 valence electrons. The van der Waals surface area contributed by atoms with Gasteiger partial charge in [-0.05, 0) is 42.5 Å². The fourth-order valence-electron chi connectivity index (χ4n) is 4.90. The van der Waals surface area contributed by atoms with Crippen molar-refractivity contribution in [2.75, 3.05) is 6.61 Å². The van der Waals surface area contributed by atoms with Crippen molar-refractivity contribution < 1.29 is 4.74 Å². The number of rotatable bonds is 5. The lowest BCUT2D eigenvalue weighted by Gasteiger charge is -2.10. The number of benzene rings is 3. The lowest BCUT2D eigenvalue weighted by atomic mass is 10.1. The second-order valence-corrected chi connectivity index (χ2v) is 9.59. The summed E-state index contributed by atoms with van der Waals surface area (Å²) in [4.78, 5) is 25.8. The van der Waals surface area contributed by atoms with E-state index in [0.29, 0.717) is 40.7 Å². The number of ether oxygens (including phenoxy) is 1. The normalized spacial score (nSPS) is 12.1. The van der Waals surface area contributed by atoms with E-state index in [4.69, 9.17) is 27.9 Å². The van der Waals surface area contributed by atoms with E-state index in [1.54, 1.807) is 4.68 Å². The van der Waals surface area contributed by atoms with Gasteiger partial charge < -0.3 is 19.7 Å². The molecule has 36 heavy (non-hydrogen) atoms. The van der Waals surface area contributed by atoms with Crippen LogP contribution in [0.25, 0.3) is 54.6 Å². The number of aromatic amines is 3. The van der Waals surface area contributed by atoms with Gasteiger partial charge >= 0.3 is 0 Å². The lowest BCUT2D eigenvalue weighted by molar-refractivity contribution is 0.305. The summed E-state index contributed by atoms with van der Waals surface area (Å²) in [5.41, 5.74) is 4.12. The number of nitrogens with one attached hydrogen (secondary N) is 3. The van der Waals surface area contributed by atoms with Crippen LogP contribution in [-0.2, 0) is 6.54 Å². The molecule has 0 saturated carbocycles. The predicted molar refractivity (Wildman–Crippen MR) is 143 cm³/mol. The zero-order chi connectivity index (χ0) is 24.4. The largest absolute Gasteiger partial charge is 0.489 e. The highest BCUT2D eigenvalue weighted by molar-refractivity contribution is 6.33. The fraction of sp³-hybridized carbons (Fsp3) is 0.115. The number of halogens is 2. The Labute approximate surface area is 212 Å². The molecule has 8 nitrogen and oxygen atoms in total. The van der Waals surface area contributed by atoms with E-state index in [2.05, 4.69) is 31.1 Å². The van der Waals surface area contributed by atoms with Crippen molar-refractivity contribution in [3.63, 3.8) is 0 Å². The maximum absolute atomic E-state index is 11.9. The topological polar surface area (TPSA) is 104 Å². The average Bonchev–Trinajstić information content (AvgIpc) is 3.55. The molecule has 0 unspecified atom stereocenters. The first kappa shape index (κ1) is 21.3. The maximum atomic E-state index is 11.9. The van der Waals surface area contributed by atoms with Crippen LogP contribution in [0.1, 0.15) is 6.42 Å². The predicted octanol–water partition coefficient (Wildman–Crippen LogP) is 6.16. The Morgan fingerprint density at radius 3 is 2.19 bits per heavy atom. The quantitative estimate of drug-likeness (QED) is 0.238. The molecule has 10 heteroatoms. The molecule has 0 spiro atoms. The Bertz CT molecular complexity index is 1920. The third kappa shape index (κ3) is 3.26. The summed E-state index contributed by atoms with van der Waals surface area (Å²) in [6.07, 6.45) is 3.60. The monoisotopic (exact) mass is 516 g/mol. The van der Waals surface area contributed by atoms with Gasteiger partial charge in [-0.1, -0.05) is 23.2 Å². The SMILES string of the molecule is O=c1[nH]cnc2c1cnn2CCCOc1c2[nH]c3ccc(Cl)cc3c2cc2c1[nH]c1ccc(Cl)cc12. The summed E-state index contributed by atoms with van der Waals surface area (Å²) < 4.78 is 8.15. The average molecular weight is 517 g/mol. The molecule has 0 fully saturated rings. The minimum absolute atomic E-state index is 0.200. The van der Waals surface area contributed by atoms with Crippen molar-refractivity contribution in [2.24, 2.45) is 0 Å². The molecular weight excluding hydrogens is 499 g/mol. The molecule has 0 amide bonds.